The van der Waals surface area contributed by atoms with Crippen LogP contribution in [0.4, 0.5) is 13.2 Å². The lowest BCUT2D eigenvalue weighted by Crippen LogP contribution is -2.07. The summed E-state index contributed by atoms with van der Waals surface area (Å²) < 4.78 is 39.4. The number of rotatable bonds is 7. The molecule has 0 unspecified atom stereocenters. The van der Waals surface area contributed by atoms with E-state index < -0.39 is 11.7 Å². The van der Waals surface area contributed by atoms with E-state index in [0.717, 1.165) is 42.6 Å². The van der Waals surface area contributed by atoms with E-state index in [2.05, 4.69) is 23.9 Å². The van der Waals surface area contributed by atoms with Crippen LogP contribution in [-0.2, 0) is 17.4 Å². The molecule has 0 aliphatic carbocycles. The van der Waals surface area contributed by atoms with E-state index in [1.165, 1.54) is 10.7 Å². The third kappa shape index (κ3) is 4.01. The standard InChI is InChI=1S/C17H20F3N3O/c1-3-12(4-2)16-13(6-5-9-24)11-23(22-16)15-8-7-14(10-21-15)17(18,19)20/h7-12H,3-6H2,1-2H3. The maximum atomic E-state index is 12.6. The summed E-state index contributed by atoms with van der Waals surface area (Å²) in [6, 6.07) is 2.29. The SMILES string of the molecule is CCC(CC)c1nn(-c2ccc(C(F)(F)F)cn2)cc1CCC=O. The number of alkyl halides is 3. The molecular weight excluding hydrogens is 319 g/mol. The van der Waals surface area contributed by atoms with Crippen molar-refractivity contribution in [3.05, 3.63) is 41.3 Å². The predicted molar refractivity (Wildman–Crippen MR) is 84.1 cm³/mol. The Balaban J connectivity index is 2.37. The Hall–Kier alpha value is -2.18. The smallest absolute Gasteiger partial charge is 0.303 e. The lowest BCUT2D eigenvalue weighted by Gasteiger charge is -2.11. The monoisotopic (exact) mass is 339 g/mol. The zero-order chi connectivity index (χ0) is 17.7. The van der Waals surface area contributed by atoms with Crippen molar-refractivity contribution in [1.82, 2.24) is 14.8 Å². The number of hydrogen-bond acceptors (Lipinski definition) is 3. The van der Waals surface area contributed by atoms with E-state index in [4.69, 9.17) is 0 Å². The second-order valence-corrected chi connectivity index (χ2v) is 5.61. The Bertz CT molecular complexity index is 673. The van der Waals surface area contributed by atoms with Gasteiger partial charge in [0.1, 0.15) is 6.29 Å². The maximum absolute atomic E-state index is 12.6. The normalized spacial score (nSPS) is 11.9. The van der Waals surface area contributed by atoms with Gasteiger partial charge in [0.15, 0.2) is 5.82 Å². The number of carbonyl (C=O) groups excluding carboxylic acids is 1. The van der Waals surface area contributed by atoms with E-state index in [9.17, 15) is 18.0 Å². The first kappa shape index (κ1) is 18.2. The van der Waals surface area contributed by atoms with E-state index in [1.54, 1.807) is 6.20 Å². The Labute approximate surface area is 138 Å². The van der Waals surface area contributed by atoms with Crippen molar-refractivity contribution in [2.75, 3.05) is 0 Å². The van der Waals surface area contributed by atoms with Gasteiger partial charge in [-0.15, -0.1) is 0 Å². The molecule has 0 fully saturated rings. The molecule has 0 saturated carbocycles. The Morgan fingerprint density at radius 2 is 1.96 bits per heavy atom. The molecule has 2 aromatic rings. The summed E-state index contributed by atoms with van der Waals surface area (Å²) in [5.74, 6) is 0.579. The molecule has 0 bridgehead atoms. The molecule has 2 heterocycles. The number of nitrogens with zero attached hydrogens (tertiary/aromatic N) is 3. The number of aromatic nitrogens is 3. The number of hydrogen-bond donors (Lipinski definition) is 0. The largest absolute Gasteiger partial charge is 0.417 e. The Morgan fingerprint density at radius 1 is 1.25 bits per heavy atom. The van der Waals surface area contributed by atoms with Gasteiger partial charge in [0.25, 0.3) is 0 Å². The van der Waals surface area contributed by atoms with Crippen LogP contribution >= 0.6 is 0 Å². The predicted octanol–water partition coefficient (Wildman–Crippen LogP) is 4.32. The summed E-state index contributed by atoms with van der Waals surface area (Å²) in [5.41, 5.74) is 1.04. The molecule has 0 atom stereocenters. The molecule has 0 aromatic carbocycles. The van der Waals surface area contributed by atoms with Gasteiger partial charge in [0, 0.05) is 24.7 Å². The van der Waals surface area contributed by atoms with Gasteiger partial charge in [-0.05, 0) is 37.0 Å². The Morgan fingerprint density at radius 3 is 2.46 bits per heavy atom. The first-order valence-corrected chi connectivity index (χ1v) is 7.96. The second kappa shape index (κ2) is 7.59. The lowest BCUT2D eigenvalue weighted by molar-refractivity contribution is -0.137. The van der Waals surface area contributed by atoms with Crippen LogP contribution in [0, 0.1) is 0 Å². The van der Waals surface area contributed by atoms with Crippen LogP contribution in [0.1, 0.15) is 55.8 Å². The maximum Gasteiger partial charge on any atom is 0.417 e. The fraction of sp³-hybridized carbons (Fsp3) is 0.471. The summed E-state index contributed by atoms with van der Waals surface area (Å²) in [5, 5.41) is 4.52. The highest BCUT2D eigenvalue weighted by Crippen LogP contribution is 2.29. The van der Waals surface area contributed by atoms with E-state index >= 15 is 0 Å². The van der Waals surface area contributed by atoms with Gasteiger partial charge < -0.3 is 4.79 Å². The van der Waals surface area contributed by atoms with Gasteiger partial charge in [-0.2, -0.15) is 18.3 Å². The third-order valence-electron chi connectivity index (χ3n) is 4.04. The molecule has 0 amide bonds. The fourth-order valence-corrected chi connectivity index (χ4v) is 2.66. The van der Waals surface area contributed by atoms with Gasteiger partial charge in [0.2, 0.25) is 0 Å². The highest BCUT2D eigenvalue weighted by molar-refractivity contribution is 5.50. The molecule has 24 heavy (non-hydrogen) atoms. The lowest BCUT2D eigenvalue weighted by atomic mass is 9.95. The number of carbonyl (C=O) groups is 1. The van der Waals surface area contributed by atoms with E-state index in [1.807, 2.05) is 0 Å². The van der Waals surface area contributed by atoms with Gasteiger partial charge in [-0.3, -0.25) is 0 Å². The van der Waals surface area contributed by atoms with Crippen molar-refractivity contribution in [2.24, 2.45) is 0 Å². The summed E-state index contributed by atoms with van der Waals surface area (Å²) in [7, 11) is 0. The van der Waals surface area contributed by atoms with Crippen molar-refractivity contribution in [2.45, 2.75) is 51.6 Å². The molecule has 0 aliphatic heterocycles. The molecular formula is C17H20F3N3O. The van der Waals surface area contributed by atoms with Crippen molar-refractivity contribution < 1.29 is 18.0 Å². The molecule has 0 aliphatic rings. The summed E-state index contributed by atoms with van der Waals surface area (Å²) in [6.45, 7) is 4.13. The first-order chi connectivity index (χ1) is 11.4. The van der Waals surface area contributed by atoms with Crippen LogP contribution in [0.25, 0.3) is 5.82 Å². The first-order valence-electron chi connectivity index (χ1n) is 7.96. The molecule has 2 aromatic heterocycles. The van der Waals surface area contributed by atoms with Crippen LogP contribution in [0.3, 0.4) is 0 Å². The molecule has 0 N–H and O–H groups in total. The molecule has 0 spiro atoms. The van der Waals surface area contributed by atoms with E-state index in [-0.39, 0.29) is 5.92 Å². The topological polar surface area (TPSA) is 47.8 Å². The summed E-state index contributed by atoms with van der Waals surface area (Å²) in [4.78, 5) is 14.5. The highest BCUT2D eigenvalue weighted by Gasteiger charge is 2.30. The van der Waals surface area contributed by atoms with Crippen LogP contribution in [0.2, 0.25) is 0 Å². The van der Waals surface area contributed by atoms with Gasteiger partial charge >= 0.3 is 6.18 Å². The number of aryl methyl sites for hydroxylation is 1. The van der Waals surface area contributed by atoms with Crippen LogP contribution in [0.5, 0.6) is 0 Å². The molecule has 0 saturated heterocycles. The number of pyridine rings is 1. The minimum Gasteiger partial charge on any atom is -0.303 e. The van der Waals surface area contributed by atoms with Crippen LogP contribution < -0.4 is 0 Å². The van der Waals surface area contributed by atoms with Crippen molar-refractivity contribution in [3.8, 4) is 5.82 Å². The fourth-order valence-electron chi connectivity index (χ4n) is 2.66. The molecule has 4 nitrogen and oxygen atoms in total. The summed E-state index contributed by atoms with van der Waals surface area (Å²) in [6.07, 6.45) is 1.76. The number of halogens is 3. The van der Waals surface area contributed by atoms with Gasteiger partial charge in [-0.25, -0.2) is 9.67 Å². The average molecular weight is 339 g/mol. The zero-order valence-electron chi connectivity index (χ0n) is 13.7. The molecule has 7 heteroatoms. The van der Waals surface area contributed by atoms with Crippen LogP contribution in [0.15, 0.2) is 24.5 Å². The third-order valence-corrected chi connectivity index (χ3v) is 4.04. The summed E-state index contributed by atoms with van der Waals surface area (Å²) >= 11 is 0. The van der Waals surface area contributed by atoms with Crippen molar-refractivity contribution in [3.63, 3.8) is 0 Å². The minimum absolute atomic E-state index is 0.252. The highest BCUT2D eigenvalue weighted by atomic mass is 19.4. The molecule has 0 radical (unpaired) electrons. The second-order valence-electron chi connectivity index (χ2n) is 5.61. The minimum atomic E-state index is -4.41. The molecule has 2 rings (SSSR count). The average Bonchev–Trinajstić information content (AvgIpc) is 2.97. The molecule has 130 valence electrons. The zero-order valence-corrected chi connectivity index (χ0v) is 13.7. The number of aldehydes is 1. The van der Waals surface area contributed by atoms with Crippen LogP contribution in [-0.4, -0.2) is 21.1 Å². The Kier molecular flexibility index (Phi) is 5.75. The van der Waals surface area contributed by atoms with Crippen molar-refractivity contribution in [1.29, 1.82) is 0 Å². The quantitative estimate of drug-likeness (QED) is 0.706. The van der Waals surface area contributed by atoms with Crippen molar-refractivity contribution >= 4 is 6.29 Å². The van der Waals surface area contributed by atoms with Gasteiger partial charge in [0.05, 0.1) is 11.3 Å². The van der Waals surface area contributed by atoms with Gasteiger partial charge in [-0.1, -0.05) is 13.8 Å². The van der Waals surface area contributed by atoms with E-state index in [0.29, 0.717) is 18.7 Å².